The van der Waals surface area contributed by atoms with Crippen molar-refractivity contribution in [2.75, 3.05) is 5.75 Å². The third-order valence-corrected chi connectivity index (χ3v) is 3.66. The Morgan fingerprint density at radius 3 is 2.53 bits per heavy atom. The standard InChI is InChI=1S/C15H18N2OS/c1-11-8-15(18)17(12(2)16-11)9-14(10-19)13-6-4-3-5-7-13/h3-8,14,19H,9-10H2,1-2H3. The lowest BCUT2D eigenvalue weighted by Crippen LogP contribution is -2.27. The van der Waals surface area contributed by atoms with Gasteiger partial charge >= 0.3 is 0 Å². The molecule has 0 saturated carbocycles. The van der Waals surface area contributed by atoms with Gasteiger partial charge in [0, 0.05) is 24.2 Å². The van der Waals surface area contributed by atoms with Crippen molar-refractivity contribution in [1.29, 1.82) is 0 Å². The number of rotatable bonds is 4. The van der Waals surface area contributed by atoms with Crippen LogP contribution in [0.1, 0.15) is 23.0 Å². The summed E-state index contributed by atoms with van der Waals surface area (Å²) in [5.41, 5.74) is 1.97. The molecule has 0 aliphatic carbocycles. The summed E-state index contributed by atoms with van der Waals surface area (Å²) in [6.07, 6.45) is 0. The van der Waals surface area contributed by atoms with Crippen LogP contribution in [0.3, 0.4) is 0 Å². The summed E-state index contributed by atoms with van der Waals surface area (Å²) in [6, 6.07) is 11.7. The average Bonchev–Trinajstić information content (AvgIpc) is 2.39. The van der Waals surface area contributed by atoms with E-state index in [1.54, 1.807) is 10.6 Å². The second-order valence-electron chi connectivity index (χ2n) is 4.68. The van der Waals surface area contributed by atoms with Gasteiger partial charge in [0.25, 0.3) is 5.56 Å². The Balaban J connectivity index is 2.32. The fourth-order valence-corrected chi connectivity index (χ4v) is 2.53. The highest BCUT2D eigenvalue weighted by Crippen LogP contribution is 2.19. The first kappa shape index (κ1) is 13.9. The predicted molar refractivity (Wildman–Crippen MR) is 81.0 cm³/mol. The summed E-state index contributed by atoms with van der Waals surface area (Å²) in [7, 11) is 0. The van der Waals surface area contributed by atoms with Crippen LogP contribution in [0.25, 0.3) is 0 Å². The maximum Gasteiger partial charge on any atom is 0.253 e. The third-order valence-electron chi connectivity index (χ3n) is 3.22. The maximum atomic E-state index is 12.0. The summed E-state index contributed by atoms with van der Waals surface area (Å²) >= 11 is 4.41. The summed E-state index contributed by atoms with van der Waals surface area (Å²) < 4.78 is 1.72. The van der Waals surface area contributed by atoms with E-state index in [9.17, 15) is 4.79 Å². The molecule has 0 bridgehead atoms. The van der Waals surface area contributed by atoms with Gasteiger partial charge in [0.1, 0.15) is 5.82 Å². The number of thiol groups is 1. The minimum Gasteiger partial charge on any atom is -0.296 e. The molecule has 0 saturated heterocycles. The quantitative estimate of drug-likeness (QED) is 0.870. The molecule has 0 fully saturated rings. The molecule has 1 atom stereocenters. The molecular formula is C15H18N2OS. The Morgan fingerprint density at radius 1 is 1.26 bits per heavy atom. The molecule has 1 aromatic heterocycles. The van der Waals surface area contributed by atoms with E-state index in [0.29, 0.717) is 12.3 Å². The van der Waals surface area contributed by atoms with Crippen molar-refractivity contribution in [2.45, 2.75) is 26.3 Å². The maximum absolute atomic E-state index is 12.0. The van der Waals surface area contributed by atoms with E-state index < -0.39 is 0 Å². The highest BCUT2D eigenvalue weighted by atomic mass is 32.1. The lowest BCUT2D eigenvalue weighted by Gasteiger charge is -2.18. The largest absolute Gasteiger partial charge is 0.296 e. The lowest BCUT2D eigenvalue weighted by molar-refractivity contribution is 0.560. The SMILES string of the molecule is Cc1cc(=O)n(CC(CS)c2ccccc2)c(C)n1. The molecule has 3 nitrogen and oxygen atoms in total. The van der Waals surface area contributed by atoms with Crippen LogP contribution in [0.2, 0.25) is 0 Å². The van der Waals surface area contributed by atoms with E-state index in [1.807, 2.05) is 32.0 Å². The van der Waals surface area contributed by atoms with Crippen molar-refractivity contribution in [3.05, 3.63) is 63.8 Å². The van der Waals surface area contributed by atoms with Gasteiger partial charge in [0.2, 0.25) is 0 Å². The van der Waals surface area contributed by atoms with E-state index in [4.69, 9.17) is 0 Å². The molecule has 0 radical (unpaired) electrons. The van der Waals surface area contributed by atoms with Crippen LogP contribution < -0.4 is 5.56 Å². The Morgan fingerprint density at radius 2 is 1.95 bits per heavy atom. The molecule has 1 aromatic carbocycles. The first-order valence-corrected chi connectivity index (χ1v) is 6.96. The molecule has 1 unspecified atom stereocenters. The predicted octanol–water partition coefficient (Wildman–Crippen LogP) is 2.57. The van der Waals surface area contributed by atoms with Crippen LogP contribution in [0.5, 0.6) is 0 Å². The van der Waals surface area contributed by atoms with Crippen molar-refractivity contribution >= 4 is 12.6 Å². The Kier molecular flexibility index (Phi) is 4.43. The molecule has 19 heavy (non-hydrogen) atoms. The zero-order chi connectivity index (χ0) is 13.8. The van der Waals surface area contributed by atoms with E-state index in [1.165, 1.54) is 5.56 Å². The molecule has 4 heteroatoms. The normalized spacial score (nSPS) is 12.4. The minimum absolute atomic E-state index is 0.00714. The van der Waals surface area contributed by atoms with E-state index >= 15 is 0 Å². The van der Waals surface area contributed by atoms with Crippen molar-refractivity contribution in [1.82, 2.24) is 9.55 Å². The van der Waals surface area contributed by atoms with E-state index in [0.717, 1.165) is 11.5 Å². The summed E-state index contributed by atoms with van der Waals surface area (Å²) in [4.78, 5) is 16.4. The average molecular weight is 274 g/mol. The van der Waals surface area contributed by atoms with Gasteiger partial charge in [-0.05, 0) is 25.2 Å². The van der Waals surface area contributed by atoms with Crippen molar-refractivity contribution in [3.63, 3.8) is 0 Å². The van der Waals surface area contributed by atoms with Crippen molar-refractivity contribution in [3.8, 4) is 0 Å². The van der Waals surface area contributed by atoms with E-state index in [2.05, 4.69) is 29.7 Å². The highest BCUT2D eigenvalue weighted by Gasteiger charge is 2.13. The van der Waals surface area contributed by atoms with Crippen molar-refractivity contribution in [2.24, 2.45) is 0 Å². The Hall–Kier alpha value is -1.55. The summed E-state index contributed by atoms with van der Waals surface area (Å²) in [5, 5.41) is 0. The number of hydrogen-bond donors (Lipinski definition) is 1. The molecule has 1 heterocycles. The third kappa shape index (κ3) is 3.26. The van der Waals surface area contributed by atoms with Gasteiger partial charge in [-0.3, -0.25) is 9.36 Å². The first-order chi connectivity index (χ1) is 9.11. The number of benzene rings is 1. The van der Waals surface area contributed by atoms with Crippen LogP contribution >= 0.6 is 12.6 Å². The van der Waals surface area contributed by atoms with Crippen LogP contribution in [0.4, 0.5) is 0 Å². The molecule has 0 spiro atoms. The Bertz CT molecular complexity index is 607. The van der Waals surface area contributed by atoms with Gasteiger partial charge in [-0.15, -0.1) is 0 Å². The molecule has 0 aliphatic heterocycles. The van der Waals surface area contributed by atoms with Crippen LogP contribution in [-0.4, -0.2) is 15.3 Å². The van der Waals surface area contributed by atoms with Gasteiger partial charge in [0.15, 0.2) is 0 Å². The smallest absolute Gasteiger partial charge is 0.253 e. The van der Waals surface area contributed by atoms with Gasteiger partial charge in [-0.1, -0.05) is 30.3 Å². The first-order valence-electron chi connectivity index (χ1n) is 6.32. The topological polar surface area (TPSA) is 34.9 Å². The van der Waals surface area contributed by atoms with Crippen LogP contribution in [0, 0.1) is 13.8 Å². The van der Waals surface area contributed by atoms with E-state index in [-0.39, 0.29) is 11.5 Å². The zero-order valence-electron chi connectivity index (χ0n) is 11.2. The van der Waals surface area contributed by atoms with Crippen molar-refractivity contribution < 1.29 is 0 Å². The van der Waals surface area contributed by atoms with Gasteiger partial charge < -0.3 is 0 Å². The summed E-state index contributed by atoms with van der Waals surface area (Å²) in [5.74, 6) is 1.67. The van der Waals surface area contributed by atoms with Crippen LogP contribution in [0.15, 0.2) is 41.2 Å². The Labute approximate surface area is 118 Å². The molecule has 0 aliphatic rings. The molecular weight excluding hydrogens is 256 g/mol. The second-order valence-corrected chi connectivity index (χ2v) is 5.05. The molecule has 0 amide bonds. The number of hydrogen-bond acceptors (Lipinski definition) is 3. The minimum atomic E-state index is 0.00714. The second kappa shape index (κ2) is 6.06. The van der Waals surface area contributed by atoms with Gasteiger partial charge in [-0.25, -0.2) is 4.98 Å². The lowest BCUT2D eigenvalue weighted by atomic mass is 10.0. The number of aromatic nitrogens is 2. The highest BCUT2D eigenvalue weighted by molar-refractivity contribution is 7.80. The zero-order valence-corrected chi connectivity index (χ0v) is 12.1. The molecule has 2 rings (SSSR count). The fourth-order valence-electron chi connectivity index (χ4n) is 2.20. The molecule has 0 N–H and O–H groups in total. The number of nitrogens with zero attached hydrogens (tertiary/aromatic N) is 2. The molecule has 2 aromatic rings. The molecule has 100 valence electrons. The summed E-state index contributed by atoms with van der Waals surface area (Å²) in [6.45, 7) is 4.33. The van der Waals surface area contributed by atoms with Crippen LogP contribution in [-0.2, 0) is 6.54 Å². The number of aryl methyl sites for hydroxylation is 2. The van der Waals surface area contributed by atoms with Gasteiger partial charge in [0.05, 0.1) is 0 Å². The monoisotopic (exact) mass is 274 g/mol. The van der Waals surface area contributed by atoms with Gasteiger partial charge in [-0.2, -0.15) is 12.6 Å². The fraction of sp³-hybridized carbons (Fsp3) is 0.333.